The van der Waals surface area contributed by atoms with E-state index in [-0.39, 0.29) is 6.54 Å². The first kappa shape index (κ1) is 11.8. The molecular formula is C10H14F2N2O. The van der Waals surface area contributed by atoms with Gasteiger partial charge in [0.2, 0.25) is 0 Å². The predicted octanol–water partition coefficient (Wildman–Crippen LogP) is 1.84. The summed E-state index contributed by atoms with van der Waals surface area (Å²) in [7, 11) is 1.55. The maximum Gasteiger partial charge on any atom is 0.255 e. The van der Waals surface area contributed by atoms with E-state index in [1.165, 1.54) is 11.1 Å². The van der Waals surface area contributed by atoms with E-state index in [2.05, 4.69) is 4.98 Å². The zero-order valence-corrected chi connectivity index (χ0v) is 8.69. The Labute approximate surface area is 87.4 Å². The largest absolute Gasteiger partial charge is 0.389 e. The van der Waals surface area contributed by atoms with Gasteiger partial charge in [0.05, 0.1) is 12.6 Å². The minimum Gasteiger partial charge on any atom is -0.389 e. The molecule has 0 aliphatic rings. The van der Waals surface area contributed by atoms with Gasteiger partial charge in [0.25, 0.3) is 6.43 Å². The van der Waals surface area contributed by atoms with Crippen LogP contribution in [0.4, 0.5) is 14.6 Å². The number of rotatable bonds is 4. The van der Waals surface area contributed by atoms with Crippen LogP contribution in [0.1, 0.15) is 18.6 Å². The molecule has 1 heterocycles. The smallest absolute Gasteiger partial charge is 0.255 e. The summed E-state index contributed by atoms with van der Waals surface area (Å²) in [5.74, 6) is 0.472. The minimum absolute atomic E-state index is 0.346. The maximum absolute atomic E-state index is 12.1. The van der Waals surface area contributed by atoms with Crippen molar-refractivity contribution in [3.8, 4) is 0 Å². The number of aliphatic hydroxyl groups excluding tert-OH is 1. The molecule has 0 saturated heterocycles. The Morgan fingerprint density at radius 3 is 2.53 bits per heavy atom. The Bertz CT molecular complexity index is 301. The number of hydrogen-bond donors (Lipinski definition) is 1. The second kappa shape index (κ2) is 5.02. The first-order valence-electron chi connectivity index (χ1n) is 4.64. The third-order valence-corrected chi connectivity index (χ3v) is 2.06. The third-order valence-electron chi connectivity index (χ3n) is 2.06. The van der Waals surface area contributed by atoms with Crippen molar-refractivity contribution in [1.82, 2.24) is 4.98 Å². The van der Waals surface area contributed by atoms with Gasteiger partial charge in [0.1, 0.15) is 5.82 Å². The Kier molecular flexibility index (Phi) is 3.96. The highest BCUT2D eigenvalue weighted by atomic mass is 19.3. The van der Waals surface area contributed by atoms with E-state index in [1.807, 2.05) is 0 Å². The number of halogens is 2. The van der Waals surface area contributed by atoms with Crippen LogP contribution < -0.4 is 4.90 Å². The first-order valence-corrected chi connectivity index (χ1v) is 4.64. The Balaban J connectivity index is 2.71. The van der Waals surface area contributed by atoms with Gasteiger partial charge >= 0.3 is 0 Å². The molecule has 0 fully saturated rings. The number of anilines is 1. The molecule has 84 valence electrons. The lowest BCUT2D eigenvalue weighted by Crippen LogP contribution is -2.24. The molecule has 1 N–H and O–H groups in total. The third kappa shape index (κ3) is 3.43. The lowest BCUT2D eigenvalue weighted by Gasteiger charge is -2.17. The number of alkyl halides is 2. The molecule has 0 aromatic carbocycles. The topological polar surface area (TPSA) is 36.4 Å². The van der Waals surface area contributed by atoms with E-state index >= 15 is 0 Å². The van der Waals surface area contributed by atoms with Crippen molar-refractivity contribution in [1.29, 1.82) is 0 Å². The van der Waals surface area contributed by atoms with Crippen LogP contribution in [0.5, 0.6) is 0 Å². The lowest BCUT2D eigenvalue weighted by atomic mass is 10.2. The highest BCUT2D eigenvalue weighted by Gasteiger charge is 2.09. The Morgan fingerprint density at radius 2 is 2.13 bits per heavy atom. The van der Waals surface area contributed by atoms with Gasteiger partial charge in [-0.1, -0.05) is 6.07 Å². The summed E-state index contributed by atoms with van der Waals surface area (Å²) in [6.45, 7) is 1.28. The van der Waals surface area contributed by atoms with Crippen molar-refractivity contribution < 1.29 is 13.9 Å². The van der Waals surface area contributed by atoms with Crippen LogP contribution in [-0.4, -0.2) is 30.1 Å². The Hall–Kier alpha value is -1.23. The predicted molar refractivity (Wildman–Crippen MR) is 54.1 cm³/mol. The van der Waals surface area contributed by atoms with Crippen LogP contribution in [0.2, 0.25) is 0 Å². The fourth-order valence-electron chi connectivity index (χ4n) is 1.17. The number of pyridine rings is 1. The SMILES string of the molecule is C[C@H](O)c1ccc(N(C)CC(F)F)nc1. The quantitative estimate of drug-likeness (QED) is 0.834. The van der Waals surface area contributed by atoms with Crippen LogP contribution in [0.15, 0.2) is 18.3 Å². The summed E-state index contributed by atoms with van der Waals surface area (Å²) in [4.78, 5) is 5.36. The number of hydrogen-bond acceptors (Lipinski definition) is 3. The highest BCUT2D eigenvalue weighted by Crippen LogP contribution is 2.15. The molecular weight excluding hydrogens is 202 g/mol. The molecule has 0 spiro atoms. The highest BCUT2D eigenvalue weighted by molar-refractivity contribution is 5.38. The monoisotopic (exact) mass is 216 g/mol. The first-order chi connectivity index (χ1) is 7.00. The normalized spacial score (nSPS) is 12.9. The molecule has 1 aromatic heterocycles. The molecule has 1 aromatic rings. The summed E-state index contributed by atoms with van der Waals surface area (Å²) in [5, 5.41) is 9.23. The maximum atomic E-state index is 12.1. The average molecular weight is 216 g/mol. The fourth-order valence-corrected chi connectivity index (χ4v) is 1.17. The van der Waals surface area contributed by atoms with E-state index in [0.717, 1.165) is 0 Å². The molecule has 0 aliphatic heterocycles. The molecule has 0 amide bonds. The molecule has 0 bridgehead atoms. The van der Waals surface area contributed by atoms with E-state index < -0.39 is 12.5 Å². The van der Waals surface area contributed by atoms with Crippen molar-refractivity contribution in [3.05, 3.63) is 23.9 Å². The van der Waals surface area contributed by atoms with E-state index in [9.17, 15) is 13.9 Å². The van der Waals surface area contributed by atoms with Crippen molar-refractivity contribution in [2.75, 3.05) is 18.5 Å². The zero-order valence-electron chi connectivity index (χ0n) is 8.69. The average Bonchev–Trinajstić information content (AvgIpc) is 2.17. The van der Waals surface area contributed by atoms with Gasteiger partial charge < -0.3 is 10.0 Å². The number of nitrogens with zero attached hydrogens (tertiary/aromatic N) is 2. The van der Waals surface area contributed by atoms with Gasteiger partial charge in [-0.2, -0.15) is 0 Å². The van der Waals surface area contributed by atoms with Crippen molar-refractivity contribution >= 4 is 5.82 Å². The van der Waals surface area contributed by atoms with Crippen LogP contribution in [0, 0.1) is 0 Å². The van der Waals surface area contributed by atoms with Crippen LogP contribution in [-0.2, 0) is 0 Å². The molecule has 1 rings (SSSR count). The van der Waals surface area contributed by atoms with Crippen LogP contribution >= 0.6 is 0 Å². The molecule has 0 radical (unpaired) electrons. The summed E-state index contributed by atoms with van der Waals surface area (Å²) in [5.41, 5.74) is 0.671. The summed E-state index contributed by atoms with van der Waals surface area (Å²) < 4.78 is 24.1. The molecule has 1 atom stereocenters. The van der Waals surface area contributed by atoms with E-state index in [4.69, 9.17) is 0 Å². The van der Waals surface area contributed by atoms with Gasteiger partial charge in [-0.25, -0.2) is 13.8 Å². The molecule has 3 nitrogen and oxygen atoms in total. The molecule has 0 saturated carbocycles. The molecule has 0 aliphatic carbocycles. The Morgan fingerprint density at radius 1 is 1.47 bits per heavy atom. The zero-order chi connectivity index (χ0) is 11.4. The molecule has 5 heteroatoms. The van der Waals surface area contributed by atoms with Crippen LogP contribution in [0.3, 0.4) is 0 Å². The summed E-state index contributed by atoms with van der Waals surface area (Å²) in [6.07, 6.45) is -1.48. The number of aliphatic hydroxyl groups is 1. The molecule has 0 unspecified atom stereocenters. The van der Waals surface area contributed by atoms with Gasteiger partial charge in [-0.15, -0.1) is 0 Å². The van der Waals surface area contributed by atoms with Crippen molar-refractivity contribution in [2.24, 2.45) is 0 Å². The van der Waals surface area contributed by atoms with Gasteiger partial charge in [0, 0.05) is 13.2 Å². The van der Waals surface area contributed by atoms with E-state index in [0.29, 0.717) is 11.4 Å². The minimum atomic E-state index is -2.38. The lowest BCUT2D eigenvalue weighted by molar-refractivity contribution is 0.156. The fraction of sp³-hybridized carbons (Fsp3) is 0.500. The van der Waals surface area contributed by atoms with E-state index in [1.54, 1.807) is 26.1 Å². The van der Waals surface area contributed by atoms with Crippen LogP contribution in [0.25, 0.3) is 0 Å². The number of aromatic nitrogens is 1. The van der Waals surface area contributed by atoms with Gasteiger partial charge in [-0.3, -0.25) is 0 Å². The summed E-state index contributed by atoms with van der Waals surface area (Å²) in [6, 6.07) is 3.29. The summed E-state index contributed by atoms with van der Waals surface area (Å²) >= 11 is 0. The second-order valence-corrected chi connectivity index (χ2v) is 3.40. The van der Waals surface area contributed by atoms with Gasteiger partial charge in [-0.05, 0) is 18.6 Å². The molecule has 15 heavy (non-hydrogen) atoms. The standard InChI is InChI=1S/C10H14F2N2O/c1-7(15)8-3-4-10(13-5-8)14(2)6-9(11)12/h3-5,7,9,15H,6H2,1-2H3/t7-/m0/s1. The van der Waals surface area contributed by atoms with Crippen molar-refractivity contribution in [2.45, 2.75) is 19.5 Å². The van der Waals surface area contributed by atoms with Crippen molar-refractivity contribution in [3.63, 3.8) is 0 Å². The second-order valence-electron chi connectivity index (χ2n) is 3.40. The van der Waals surface area contributed by atoms with Gasteiger partial charge in [0.15, 0.2) is 0 Å².